The maximum Gasteiger partial charge on any atom is 0.224 e. The molecule has 4 heteroatoms. The number of carbonyl (C=O) groups is 2. The van der Waals surface area contributed by atoms with Gasteiger partial charge in [-0.3, -0.25) is 9.59 Å². The standard InChI is InChI=1S/C24H38N2O2.C2H6/c1-14-20-16-7-8-18(21(28)26-22(2,3)4)23(16,5)12-10-17(20)24(6)11-9-15(27)13-19(24)25-14;1-2/h13-14,16-18,20,25H,7-12H2,1-6H3,(H,26,28);1-2H3/t14-,16?,17?,18?,20?,23+,24-;/m1./s1. The number of ketones is 1. The monoisotopic (exact) mass is 416 g/mol. The van der Waals surface area contributed by atoms with Crippen molar-refractivity contribution in [2.24, 2.45) is 34.5 Å². The van der Waals surface area contributed by atoms with Gasteiger partial charge in [0.1, 0.15) is 0 Å². The van der Waals surface area contributed by atoms with Crippen LogP contribution >= 0.6 is 0 Å². The van der Waals surface area contributed by atoms with E-state index in [-0.39, 0.29) is 34.0 Å². The molecule has 0 aromatic rings. The zero-order valence-corrected chi connectivity index (χ0v) is 20.5. The van der Waals surface area contributed by atoms with Crippen LogP contribution in [0.15, 0.2) is 11.8 Å². The number of hydrogen-bond acceptors (Lipinski definition) is 3. The van der Waals surface area contributed by atoms with E-state index in [0.29, 0.717) is 30.2 Å². The molecule has 0 aromatic heterocycles. The minimum Gasteiger partial charge on any atom is -0.385 e. The Morgan fingerprint density at radius 1 is 1.10 bits per heavy atom. The summed E-state index contributed by atoms with van der Waals surface area (Å²) in [6, 6.07) is 0.365. The SMILES string of the molecule is CC.C[C@H]1NC2=CC(=O)CC[C@]2(C)C2CC[C@]3(C)C(C(=O)NC(C)(C)C)CCC3C21. The number of rotatable bonds is 1. The van der Waals surface area contributed by atoms with Gasteiger partial charge in [0.2, 0.25) is 5.91 Å². The van der Waals surface area contributed by atoms with E-state index in [9.17, 15) is 9.59 Å². The Balaban J connectivity index is 0.00000124. The summed E-state index contributed by atoms with van der Waals surface area (Å²) in [7, 11) is 0. The van der Waals surface area contributed by atoms with Crippen LogP contribution in [0.4, 0.5) is 0 Å². The predicted molar refractivity (Wildman–Crippen MR) is 123 cm³/mol. The van der Waals surface area contributed by atoms with Gasteiger partial charge in [0.05, 0.1) is 0 Å². The molecule has 4 nitrogen and oxygen atoms in total. The van der Waals surface area contributed by atoms with E-state index >= 15 is 0 Å². The van der Waals surface area contributed by atoms with Gasteiger partial charge in [-0.2, -0.15) is 0 Å². The largest absolute Gasteiger partial charge is 0.385 e. The first-order valence-corrected chi connectivity index (χ1v) is 12.3. The lowest BCUT2D eigenvalue weighted by Gasteiger charge is -2.60. The molecule has 0 radical (unpaired) electrons. The summed E-state index contributed by atoms with van der Waals surface area (Å²) in [5.74, 6) is 2.43. The van der Waals surface area contributed by atoms with Gasteiger partial charge < -0.3 is 10.6 Å². The Morgan fingerprint density at radius 3 is 2.40 bits per heavy atom. The number of amides is 1. The Morgan fingerprint density at radius 2 is 1.77 bits per heavy atom. The fraction of sp³-hybridized carbons (Fsp3) is 0.846. The average Bonchev–Trinajstić information content (AvgIpc) is 3.01. The number of hydrogen-bond donors (Lipinski definition) is 2. The first kappa shape index (κ1) is 23.3. The fourth-order valence-electron chi connectivity index (χ4n) is 7.37. The van der Waals surface area contributed by atoms with Gasteiger partial charge in [-0.15, -0.1) is 0 Å². The van der Waals surface area contributed by atoms with Crippen molar-refractivity contribution < 1.29 is 9.59 Å². The normalized spacial score (nSPS) is 42.5. The first-order chi connectivity index (χ1) is 14.0. The van der Waals surface area contributed by atoms with E-state index in [2.05, 4.69) is 52.2 Å². The molecule has 0 spiro atoms. The molecule has 1 aliphatic heterocycles. The second-order valence-electron chi connectivity index (χ2n) is 11.6. The van der Waals surface area contributed by atoms with E-state index < -0.39 is 0 Å². The van der Waals surface area contributed by atoms with Crippen LogP contribution in [0, 0.1) is 34.5 Å². The summed E-state index contributed by atoms with van der Waals surface area (Å²) in [6.07, 6.45) is 8.00. The number of nitrogens with one attached hydrogen (secondary N) is 2. The zero-order valence-electron chi connectivity index (χ0n) is 20.5. The molecule has 2 N–H and O–H groups in total. The molecule has 4 rings (SSSR count). The zero-order chi connectivity index (χ0) is 22.5. The Hall–Kier alpha value is -1.32. The molecule has 2 saturated carbocycles. The van der Waals surface area contributed by atoms with Crippen LogP contribution in [0.1, 0.15) is 93.9 Å². The minimum atomic E-state index is -0.176. The summed E-state index contributed by atoms with van der Waals surface area (Å²) in [4.78, 5) is 25.1. The Kier molecular flexibility index (Phi) is 6.21. The predicted octanol–water partition coefficient (Wildman–Crippen LogP) is 5.23. The maximum atomic E-state index is 13.1. The first-order valence-electron chi connectivity index (χ1n) is 12.3. The van der Waals surface area contributed by atoms with Gasteiger partial charge in [0, 0.05) is 41.1 Å². The lowest BCUT2D eigenvalue weighted by molar-refractivity contribution is -0.134. The van der Waals surface area contributed by atoms with E-state index in [1.165, 1.54) is 12.1 Å². The van der Waals surface area contributed by atoms with E-state index in [4.69, 9.17) is 0 Å². The van der Waals surface area contributed by atoms with Gasteiger partial charge in [-0.05, 0) is 83.0 Å². The molecule has 7 atom stereocenters. The summed E-state index contributed by atoms with van der Waals surface area (Å²) in [5, 5.41) is 7.00. The third-order valence-electron chi connectivity index (χ3n) is 8.74. The van der Waals surface area contributed by atoms with Gasteiger partial charge in [0.15, 0.2) is 5.78 Å². The van der Waals surface area contributed by atoms with Crippen molar-refractivity contribution in [1.29, 1.82) is 0 Å². The molecule has 4 aliphatic rings. The van der Waals surface area contributed by atoms with Gasteiger partial charge >= 0.3 is 0 Å². The van der Waals surface area contributed by atoms with Crippen molar-refractivity contribution in [2.45, 2.75) is 105 Å². The molecule has 170 valence electrons. The highest BCUT2D eigenvalue weighted by Crippen LogP contribution is 2.65. The van der Waals surface area contributed by atoms with Gasteiger partial charge in [0.25, 0.3) is 0 Å². The highest BCUT2D eigenvalue weighted by molar-refractivity contribution is 5.91. The third-order valence-corrected chi connectivity index (χ3v) is 8.74. The lowest BCUT2D eigenvalue weighted by Crippen LogP contribution is -2.61. The van der Waals surface area contributed by atoms with E-state index in [1.807, 2.05) is 19.9 Å². The summed E-state index contributed by atoms with van der Waals surface area (Å²) < 4.78 is 0. The van der Waals surface area contributed by atoms with Crippen molar-refractivity contribution in [1.82, 2.24) is 10.6 Å². The molecule has 1 heterocycles. The molecule has 3 fully saturated rings. The number of piperidine rings is 1. The van der Waals surface area contributed by atoms with Crippen LogP contribution in [-0.4, -0.2) is 23.3 Å². The maximum absolute atomic E-state index is 13.1. The van der Waals surface area contributed by atoms with Crippen LogP contribution in [0.2, 0.25) is 0 Å². The average molecular weight is 417 g/mol. The topological polar surface area (TPSA) is 58.2 Å². The molecule has 0 bridgehead atoms. The van der Waals surface area contributed by atoms with Crippen molar-refractivity contribution in [3.05, 3.63) is 11.8 Å². The lowest BCUT2D eigenvalue weighted by atomic mass is 9.48. The third kappa shape index (κ3) is 3.73. The summed E-state index contributed by atoms with van der Waals surface area (Å²) in [5.41, 5.74) is 1.19. The van der Waals surface area contributed by atoms with Crippen LogP contribution in [0.25, 0.3) is 0 Å². The van der Waals surface area contributed by atoms with Crippen molar-refractivity contribution in [3.8, 4) is 0 Å². The van der Waals surface area contributed by atoms with Gasteiger partial charge in [-0.25, -0.2) is 0 Å². The molecule has 0 aromatic carbocycles. The second kappa shape index (κ2) is 7.98. The second-order valence-corrected chi connectivity index (χ2v) is 11.6. The van der Waals surface area contributed by atoms with Crippen molar-refractivity contribution >= 4 is 11.7 Å². The van der Waals surface area contributed by atoms with Gasteiger partial charge in [-0.1, -0.05) is 27.7 Å². The molecule has 1 saturated heterocycles. The molecule has 30 heavy (non-hydrogen) atoms. The van der Waals surface area contributed by atoms with Crippen LogP contribution in [0.3, 0.4) is 0 Å². The smallest absolute Gasteiger partial charge is 0.224 e. The molecular weight excluding hydrogens is 372 g/mol. The highest BCUT2D eigenvalue weighted by Gasteiger charge is 2.62. The number of carbonyl (C=O) groups excluding carboxylic acids is 2. The number of allylic oxidation sites excluding steroid dienone is 2. The molecule has 3 aliphatic carbocycles. The Labute approximate surface area is 184 Å². The minimum absolute atomic E-state index is 0.0918. The van der Waals surface area contributed by atoms with Crippen LogP contribution < -0.4 is 10.6 Å². The molecule has 1 amide bonds. The van der Waals surface area contributed by atoms with E-state index in [0.717, 1.165) is 25.7 Å². The highest BCUT2D eigenvalue weighted by atomic mass is 16.2. The van der Waals surface area contributed by atoms with Crippen LogP contribution in [-0.2, 0) is 9.59 Å². The van der Waals surface area contributed by atoms with Crippen molar-refractivity contribution in [3.63, 3.8) is 0 Å². The number of fused-ring (bicyclic) bond motifs is 5. The molecule has 4 unspecified atom stereocenters. The summed E-state index contributed by atoms with van der Waals surface area (Å²) in [6.45, 7) is 17.3. The van der Waals surface area contributed by atoms with E-state index in [1.54, 1.807) is 0 Å². The summed E-state index contributed by atoms with van der Waals surface area (Å²) >= 11 is 0. The van der Waals surface area contributed by atoms with Crippen LogP contribution in [0.5, 0.6) is 0 Å². The quantitative estimate of drug-likeness (QED) is 0.615. The molecular formula is C26H44N2O2. The Bertz CT molecular complexity index is 721. The van der Waals surface area contributed by atoms with Crippen molar-refractivity contribution in [2.75, 3.05) is 0 Å². The fourth-order valence-corrected chi connectivity index (χ4v) is 7.37.